The molecule has 0 fully saturated rings. The summed E-state index contributed by atoms with van der Waals surface area (Å²) in [6.07, 6.45) is 5.94. The minimum absolute atomic E-state index is 0.193. The molecule has 0 bridgehead atoms. The van der Waals surface area contributed by atoms with Gasteiger partial charge >= 0.3 is 5.97 Å². The molecule has 1 heterocycles. The van der Waals surface area contributed by atoms with E-state index in [-0.39, 0.29) is 5.92 Å². The van der Waals surface area contributed by atoms with Crippen molar-refractivity contribution in [3.05, 3.63) is 76.4 Å². The highest BCUT2D eigenvalue weighted by Gasteiger charge is 2.18. The number of ether oxygens (including phenoxy) is 1. The van der Waals surface area contributed by atoms with E-state index in [9.17, 15) is 4.79 Å². The number of esters is 1. The molecule has 0 amide bonds. The van der Waals surface area contributed by atoms with Crippen LogP contribution in [0.4, 0.5) is 0 Å². The Labute approximate surface area is 183 Å². The summed E-state index contributed by atoms with van der Waals surface area (Å²) in [4.78, 5) is 12.8. The Kier molecular flexibility index (Phi) is 7.69. The smallest absolute Gasteiger partial charge is 0.344 e. The first kappa shape index (κ1) is 22.1. The predicted octanol–water partition coefficient (Wildman–Crippen LogP) is 6.99. The number of nitrogens with zero attached hydrogens (tertiary/aromatic N) is 2. The van der Waals surface area contributed by atoms with Gasteiger partial charge in [-0.25, -0.2) is 4.79 Å². The number of hydrogen-bond acceptors (Lipinski definition) is 3. The number of aromatic nitrogens is 2. The Bertz CT molecular complexity index is 977. The molecular formula is C25H29ClN2O2. The largest absolute Gasteiger partial charge is 0.404 e. The lowest BCUT2D eigenvalue weighted by Gasteiger charge is -2.09. The number of halogens is 1. The number of rotatable bonds is 9. The van der Waals surface area contributed by atoms with Crippen LogP contribution in [0.5, 0.6) is 5.88 Å². The summed E-state index contributed by atoms with van der Waals surface area (Å²) in [7, 11) is 0. The van der Waals surface area contributed by atoms with Gasteiger partial charge in [-0.2, -0.15) is 9.78 Å². The third kappa shape index (κ3) is 5.51. The highest BCUT2D eigenvalue weighted by atomic mass is 35.5. The van der Waals surface area contributed by atoms with E-state index in [1.54, 1.807) is 16.8 Å². The first-order valence-corrected chi connectivity index (χ1v) is 11.0. The number of carbonyl (C=O) groups excluding carboxylic acids is 1. The van der Waals surface area contributed by atoms with Crippen molar-refractivity contribution in [1.82, 2.24) is 9.78 Å². The van der Waals surface area contributed by atoms with Gasteiger partial charge in [-0.15, -0.1) is 0 Å². The fraction of sp³-hybridized carbons (Fsp3) is 0.360. The van der Waals surface area contributed by atoms with E-state index in [1.807, 2.05) is 56.3 Å². The van der Waals surface area contributed by atoms with Gasteiger partial charge in [0.1, 0.15) is 0 Å². The number of unbranched alkanes of at least 4 members (excludes halogenated alkanes) is 3. The Balaban J connectivity index is 1.77. The second kappa shape index (κ2) is 10.4. The van der Waals surface area contributed by atoms with Gasteiger partial charge in [0, 0.05) is 6.07 Å². The molecule has 4 nitrogen and oxygen atoms in total. The van der Waals surface area contributed by atoms with E-state index in [2.05, 4.69) is 12.0 Å². The van der Waals surface area contributed by atoms with Gasteiger partial charge < -0.3 is 4.74 Å². The van der Waals surface area contributed by atoms with Crippen molar-refractivity contribution in [3.8, 4) is 11.6 Å². The fourth-order valence-corrected chi connectivity index (χ4v) is 3.47. The highest BCUT2D eigenvalue weighted by Crippen LogP contribution is 2.28. The SMILES string of the molecule is CCCCCCc1ccc(C(=O)Oc2cc(C(C)C)nn2-c2ccccc2Cl)cc1. The van der Waals surface area contributed by atoms with E-state index >= 15 is 0 Å². The van der Waals surface area contributed by atoms with Crippen molar-refractivity contribution < 1.29 is 9.53 Å². The molecular weight excluding hydrogens is 396 g/mol. The van der Waals surface area contributed by atoms with Gasteiger partial charge in [-0.1, -0.05) is 75.9 Å². The molecule has 2 aromatic carbocycles. The highest BCUT2D eigenvalue weighted by molar-refractivity contribution is 6.32. The average molecular weight is 425 g/mol. The van der Waals surface area contributed by atoms with Crippen LogP contribution >= 0.6 is 11.6 Å². The number of para-hydroxylation sites is 1. The fourth-order valence-electron chi connectivity index (χ4n) is 3.25. The minimum atomic E-state index is -0.406. The third-order valence-corrected chi connectivity index (χ3v) is 5.39. The minimum Gasteiger partial charge on any atom is -0.404 e. The molecule has 0 aliphatic rings. The average Bonchev–Trinajstić information content (AvgIpc) is 3.16. The topological polar surface area (TPSA) is 44.1 Å². The summed E-state index contributed by atoms with van der Waals surface area (Å²) in [5.41, 5.74) is 3.27. The van der Waals surface area contributed by atoms with Crippen LogP contribution in [0.25, 0.3) is 5.69 Å². The van der Waals surface area contributed by atoms with Crippen LogP contribution < -0.4 is 4.74 Å². The van der Waals surface area contributed by atoms with Crippen molar-refractivity contribution in [2.24, 2.45) is 0 Å². The molecule has 0 saturated heterocycles. The number of carbonyl (C=O) groups is 1. The van der Waals surface area contributed by atoms with Crippen LogP contribution in [0.15, 0.2) is 54.6 Å². The normalized spacial score (nSPS) is 11.1. The molecule has 0 saturated carbocycles. The van der Waals surface area contributed by atoms with E-state index < -0.39 is 5.97 Å². The Morgan fingerprint density at radius 3 is 2.47 bits per heavy atom. The zero-order valence-corrected chi connectivity index (χ0v) is 18.7. The van der Waals surface area contributed by atoms with Crippen molar-refractivity contribution >= 4 is 17.6 Å². The summed E-state index contributed by atoms with van der Waals surface area (Å²) in [5.74, 6) is 0.148. The molecule has 0 spiro atoms. The summed E-state index contributed by atoms with van der Waals surface area (Å²) in [5, 5.41) is 5.15. The van der Waals surface area contributed by atoms with Crippen LogP contribution in [0.2, 0.25) is 5.02 Å². The van der Waals surface area contributed by atoms with Gasteiger partial charge in [0.05, 0.1) is 22.0 Å². The molecule has 3 rings (SSSR count). The molecule has 0 atom stereocenters. The van der Waals surface area contributed by atoms with Gasteiger partial charge in [0.2, 0.25) is 5.88 Å². The number of benzene rings is 2. The van der Waals surface area contributed by atoms with E-state index in [0.717, 1.165) is 12.1 Å². The molecule has 0 aliphatic carbocycles. The lowest BCUT2D eigenvalue weighted by molar-refractivity contribution is 0.0723. The lowest BCUT2D eigenvalue weighted by atomic mass is 10.0. The summed E-state index contributed by atoms with van der Waals surface area (Å²) in [6.45, 7) is 6.30. The van der Waals surface area contributed by atoms with E-state index in [0.29, 0.717) is 22.2 Å². The maximum atomic E-state index is 12.8. The van der Waals surface area contributed by atoms with E-state index in [4.69, 9.17) is 16.3 Å². The zero-order chi connectivity index (χ0) is 21.5. The van der Waals surface area contributed by atoms with Crippen LogP contribution in [-0.2, 0) is 6.42 Å². The second-order valence-electron chi connectivity index (χ2n) is 7.82. The maximum Gasteiger partial charge on any atom is 0.344 e. The molecule has 0 aliphatic heterocycles. The Morgan fingerprint density at radius 2 is 1.80 bits per heavy atom. The number of aryl methyl sites for hydroxylation is 1. The molecule has 0 N–H and O–H groups in total. The molecule has 0 unspecified atom stereocenters. The molecule has 0 radical (unpaired) electrons. The van der Waals surface area contributed by atoms with Crippen molar-refractivity contribution in [3.63, 3.8) is 0 Å². The Hall–Kier alpha value is -2.59. The molecule has 3 aromatic rings. The second-order valence-corrected chi connectivity index (χ2v) is 8.23. The molecule has 1 aromatic heterocycles. The van der Waals surface area contributed by atoms with Crippen LogP contribution in [0, 0.1) is 0 Å². The quantitative estimate of drug-likeness (QED) is 0.274. The van der Waals surface area contributed by atoms with E-state index in [1.165, 1.54) is 31.2 Å². The maximum absolute atomic E-state index is 12.8. The summed E-state index contributed by atoms with van der Waals surface area (Å²) < 4.78 is 7.32. The molecule has 158 valence electrons. The van der Waals surface area contributed by atoms with Crippen molar-refractivity contribution in [1.29, 1.82) is 0 Å². The predicted molar refractivity (Wildman–Crippen MR) is 122 cm³/mol. The van der Waals surface area contributed by atoms with Crippen LogP contribution in [0.1, 0.15) is 74.0 Å². The first-order valence-electron chi connectivity index (χ1n) is 10.7. The van der Waals surface area contributed by atoms with Gasteiger partial charge in [0.15, 0.2) is 0 Å². The van der Waals surface area contributed by atoms with Gasteiger partial charge in [0.25, 0.3) is 0 Å². The molecule has 30 heavy (non-hydrogen) atoms. The first-order chi connectivity index (χ1) is 14.5. The Morgan fingerprint density at radius 1 is 1.07 bits per heavy atom. The van der Waals surface area contributed by atoms with Crippen molar-refractivity contribution in [2.75, 3.05) is 0 Å². The van der Waals surface area contributed by atoms with Crippen molar-refractivity contribution in [2.45, 2.75) is 58.8 Å². The monoisotopic (exact) mass is 424 g/mol. The van der Waals surface area contributed by atoms with Crippen LogP contribution in [-0.4, -0.2) is 15.7 Å². The standard InChI is InChI=1S/C25H29ClN2O2/c1-4-5-6-7-10-19-13-15-20(16-14-19)25(29)30-24-17-22(18(2)3)27-28(24)23-12-9-8-11-21(23)26/h8-9,11-18H,4-7,10H2,1-3H3. The lowest BCUT2D eigenvalue weighted by Crippen LogP contribution is -2.12. The molecule has 5 heteroatoms. The summed E-state index contributed by atoms with van der Waals surface area (Å²) in [6, 6.07) is 16.8. The zero-order valence-electron chi connectivity index (χ0n) is 17.9. The van der Waals surface area contributed by atoms with Gasteiger partial charge in [-0.3, -0.25) is 0 Å². The van der Waals surface area contributed by atoms with Gasteiger partial charge in [-0.05, 0) is 48.6 Å². The third-order valence-electron chi connectivity index (χ3n) is 5.07. The van der Waals surface area contributed by atoms with Crippen LogP contribution in [0.3, 0.4) is 0 Å². The number of hydrogen-bond donors (Lipinski definition) is 0. The summed E-state index contributed by atoms with van der Waals surface area (Å²) >= 11 is 6.35.